The van der Waals surface area contributed by atoms with Gasteiger partial charge in [-0.15, -0.1) is 0 Å². The maximum atomic E-state index is 11.0. The molecule has 0 saturated heterocycles. The van der Waals surface area contributed by atoms with Gasteiger partial charge >= 0.3 is 5.97 Å². The van der Waals surface area contributed by atoms with Crippen LogP contribution in [0.2, 0.25) is 0 Å². The normalized spacial score (nSPS) is 35.6. The monoisotopic (exact) mass is 280 g/mol. The molecule has 0 aromatic heterocycles. The van der Waals surface area contributed by atoms with Gasteiger partial charge < -0.3 is 4.74 Å². The first kappa shape index (κ1) is 15.9. The van der Waals surface area contributed by atoms with Crippen LogP contribution in [0.1, 0.15) is 79.1 Å². The van der Waals surface area contributed by atoms with E-state index in [-0.39, 0.29) is 12.1 Å². The molecule has 0 aliphatic heterocycles. The second kappa shape index (κ2) is 6.49. The van der Waals surface area contributed by atoms with Crippen LogP contribution in [-0.2, 0) is 9.53 Å². The smallest absolute Gasteiger partial charge is 0.302 e. The van der Waals surface area contributed by atoms with E-state index in [9.17, 15) is 4.79 Å². The molecule has 0 unspecified atom stereocenters. The molecule has 116 valence electrons. The standard InChI is InChI=1S/C18H32O2/c1-13-5-7-15(8-6-13)18(3,4)16-9-11-17(12-10-16)20-14(2)19/h13,15-17H,5-12H2,1-4H3. The Hall–Kier alpha value is -0.530. The van der Waals surface area contributed by atoms with Crippen molar-refractivity contribution in [3.63, 3.8) is 0 Å². The van der Waals surface area contributed by atoms with Gasteiger partial charge in [0.05, 0.1) is 0 Å². The Morgan fingerprint density at radius 2 is 1.35 bits per heavy atom. The highest BCUT2D eigenvalue weighted by atomic mass is 16.5. The van der Waals surface area contributed by atoms with E-state index in [0.717, 1.165) is 30.6 Å². The second-order valence-corrected chi connectivity index (χ2v) is 7.86. The van der Waals surface area contributed by atoms with Gasteiger partial charge in [0, 0.05) is 6.92 Å². The summed E-state index contributed by atoms with van der Waals surface area (Å²) in [7, 11) is 0. The molecule has 0 heterocycles. The van der Waals surface area contributed by atoms with Gasteiger partial charge in [0.2, 0.25) is 0 Å². The summed E-state index contributed by atoms with van der Waals surface area (Å²) in [6, 6.07) is 0. The summed E-state index contributed by atoms with van der Waals surface area (Å²) in [5.74, 6) is 2.53. The zero-order valence-corrected chi connectivity index (χ0v) is 13.8. The van der Waals surface area contributed by atoms with Crippen molar-refractivity contribution >= 4 is 5.97 Å². The van der Waals surface area contributed by atoms with E-state index in [1.165, 1.54) is 45.4 Å². The van der Waals surface area contributed by atoms with E-state index in [4.69, 9.17) is 4.74 Å². The lowest BCUT2D eigenvalue weighted by Crippen LogP contribution is -2.38. The molecule has 0 radical (unpaired) electrons. The van der Waals surface area contributed by atoms with Crippen molar-refractivity contribution in [3.8, 4) is 0 Å². The van der Waals surface area contributed by atoms with Crippen molar-refractivity contribution in [2.24, 2.45) is 23.2 Å². The van der Waals surface area contributed by atoms with Crippen LogP contribution in [0.15, 0.2) is 0 Å². The Bertz CT molecular complexity index is 318. The van der Waals surface area contributed by atoms with Gasteiger partial charge in [-0.3, -0.25) is 4.79 Å². The van der Waals surface area contributed by atoms with Crippen molar-refractivity contribution < 1.29 is 9.53 Å². The molecule has 2 heteroatoms. The van der Waals surface area contributed by atoms with Crippen LogP contribution in [0, 0.1) is 23.2 Å². The fourth-order valence-electron chi connectivity index (χ4n) is 4.50. The quantitative estimate of drug-likeness (QED) is 0.683. The Balaban J connectivity index is 1.86. The maximum absolute atomic E-state index is 11.0. The Morgan fingerprint density at radius 3 is 1.80 bits per heavy atom. The number of hydrogen-bond acceptors (Lipinski definition) is 2. The highest BCUT2D eigenvalue weighted by Crippen LogP contribution is 2.49. The van der Waals surface area contributed by atoms with E-state index < -0.39 is 0 Å². The van der Waals surface area contributed by atoms with E-state index in [0.29, 0.717) is 5.41 Å². The number of carbonyl (C=O) groups is 1. The highest BCUT2D eigenvalue weighted by molar-refractivity contribution is 5.66. The highest BCUT2D eigenvalue weighted by Gasteiger charge is 2.40. The van der Waals surface area contributed by atoms with Crippen molar-refractivity contribution in [2.45, 2.75) is 85.2 Å². The zero-order valence-electron chi connectivity index (χ0n) is 13.8. The van der Waals surface area contributed by atoms with Gasteiger partial charge in [0.15, 0.2) is 0 Å². The van der Waals surface area contributed by atoms with Crippen LogP contribution in [0.4, 0.5) is 0 Å². The van der Waals surface area contributed by atoms with Crippen molar-refractivity contribution in [1.82, 2.24) is 0 Å². The molecule has 2 nitrogen and oxygen atoms in total. The first-order valence-electron chi connectivity index (χ1n) is 8.56. The number of rotatable bonds is 3. The minimum atomic E-state index is -0.117. The molecule has 0 atom stereocenters. The summed E-state index contributed by atoms with van der Waals surface area (Å²) < 4.78 is 5.37. The Kier molecular flexibility index (Phi) is 5.14. The number of ether oxygens (including phenoxy) is 1. The van der Waals surface area contributed by atoms with Gasteiger partial charge in [0.25, 0.3) is 0 Å². The molecule has 2 fully saturated rings. The Labute approximate surface area is 124 Å². The molecule has 2 rings (SSSR count). The SMILES string of the molecule is CC(=O)OC1CCC(C(C)(C)C2CCC(C)CC2)CC1. The van der Waals surface area contributed by atoms with Crippen LogP contribution in [0.25, 0.3) is 0 Å². The molecule has 20 heavy (non-hydrogen) atoms. The lowest BCUT2D eigenvalue weighted by Gasteiger charge is -2.46. The average Bonchev–Trinajstić information content (AvgIpc) is 2.39. The molecule has 2 aliphatic carbocycles. The molecular formula is C18H32O2. The molecule has 0 N–H and O–H groups in total. The summed E-state index contributed by atoms with van der Waals surface area (Å²) in [6.07, 6.45) is 10.4. The van der Waals surface area contributed by atoms with Crippen LogP contribution >= 0.6 is 0 Å². The Morgan fingerprint density at radius 1 is 0.900 bits per heavy atom. The van der Waals surface area contributed by atoms with Crippen molar-refractivity contribution in [1.29, 1.82) is 0 Å². The molecule has 2 saturated carbocycles. The molecule has 0 bridgehead atoms. The minimum absolute atomic E-state index is 0.117. The van der Waals surface area contributed by atoms with E-state index in [2.05, 4.69) is 20.8 Å². The molecule has 0 amide bonds. The largest absolute Gasteiger partial charge is 0.463 e. The van der Waals surface area contributed by atoms with Gasteiger partial charge in [-0.25, -0.2) is 0 Å². The van der Waals surface area contributed by atoms with Crippen LogP contribution < -0.4 is 0 Å². The lowest BCUT2D eigenvalue weighted by atomic mass is 9.60. The van der Waals surface area contributed by atoms with E-state index in [1.54, 1.807) is 0 Å². The van der Waals surface area contributed by atoms with Gasteiger partial charge in [0.1, 0.15) is 6.10 Å². The molecule has 0 aromatic carbocycles. The fraction of sp³-hybridized carbons (Fsp3) is 0.944. The van der Waals surface area contributed by atoms with Gasteiger partial charge in [-0.05, 0) is 61.7 Å². The molecule has 0 aromatic rings. The first-order valence-corrected chi connectivity index (χ1v) is 8.56. The van der Waals surface area contributed by atoms with Gasteiger partial charge in [-0.1, -0.05) is 33.6 Å². The topological polar surface area (TPSA) is 26.3 Å². The zero-order chi connectivity index (χ0) is 14.8. The molecular weight excluding hydrogens is 248 g/mol. The third kappa shape index (κ3) is 3.77. The van der Waals surface area contributed by atoms with Crippen LogP contribution in [-0.4, -0.2) is 12.1 Å². The fourth-order valence-corrected chi connectivity index (χ4v) is 4.50. The van der Waals surface area contributed by atoms with Crippen LogP contribution in [0.3, 0.4) is 0 Å². The van der Waals surface area contributed by atoms with Crippen LogP contribution in [0.5, 0.6) is 0 Å². The minimum Gasteiger partial charge on any atom is -0.463 e. The summed E-state index contributed by atoms with van der Waals surface area (Å²) in [5, 5.41) is 0. The second-order valence-electron chi connectivity index (χ2n) is 7.86. The third-order valence-corrected chi connectivity index (χ3v) is 6.13. The molecule has 2 aliphatic rings. The first-order chi connectivity index (χ1) is 9.39. The third-order valence-electron chi connectivity index (χ3n) is 6.13. The summed E-state index contributed by atoms with van der Waals surface area (Å²) in [4.78, 5) is 11.0. The van der Waals surface area contributed by atoms with Crippen molar-refractivity contribution in [2.75, 3.05) is 0 Å². The van der Waals surface area contributed by atoms with Crippen molar-refractivity contribution in [3.05, 3.63) is 0 Å². The predicted octanol–water partition coefficient (Wildman–Crippen LogP) is 4.96. The van der Waals surface area contributed by atoms with E-state index >= 15 is 0 Å². The van der Waals surface area contributed by atoms with Gasteiger partial charge in [-0.2, -0.15) is 0 Å². The summed E-state index contributed by atoms with van der Waals surface area (Å²) in [5.41, 5.74) is 0.460. The number of hydrogen-bond donors (Lipinski definition) is 0. The molecule has 0 spiro atoms. The summed E-state index contributed by atoms with van der Waals surface area (Å²) >= 11 is 0. The predicted molar refractivity (Wildman–Crippen MR) is 82.4 cm³/mol. The van der Waals surface area contributed by atoms with E-state index in [1.807, 2.05) is 0 Å². The number of carbonyl (C=O) groups excluding carboxylic acids is 1. The maximum Gasteiger partial charge on any atom is 0.302 e. The number of esters is 1. The lowest BCUT2D eigenvalue weighted by molar-refractivity contribution is -0.148. The summed E-state index contributed by atoms with van der Waals surface area (Å²) in [6.45, 7) is 8.90. The average molecular weight is 280 g/mol.